The molecule has 1 N–H and O–H groups in total. The Labute approximate surface area is 248 Å². The maximum absolute atomic E-state index is 3.81. The Morgan fingerprint density at radius 1 is 0.488 bits per heavy atom. The number of fused-ring (bicyclic) bond motifs is 17. The molecule has 3 aliphatic rings. The predicted octanol–water partition coefficient (Wildman–Crippen LogP) is 10.3. The summed E-state index contributed by atoms with van der Waals surface area (Å²) in [5, 5.41) is 8.95. The normalized spacial score (nSPS) is 14.4. The monoisotopic (exact) mass is 544 g/mol. The second kappa shape index (κ2) is 7.42. The van der Waals surface area contributed by atoms with E-state index in [-0.39, 0.29) is 5.41 Å². The Morgan fingerprint density at radius 2 is 1.09 bits per heavy atom. The van der Waals surface area contributed by atoms with E-state index in [2.05, 4.69) is 149 Å². The molecule has 1 aromatic heterocycles. The van der Waals surface area contributed by atoms with Crippen molar-refractivity contribution in [2.24, 2.45) is 0 Å². The highest BCUT2D eigenvalue weighted by molar-refractivity contribution is 6.20. The number of hydrogen-bond acceptors (Lipinski definition) is 1. The lowest BCUT2D eigenvalue weighted by atomic mass is 9.69. The molecule has 0 saturated heterocycles. The largest absolute Gasteiger partial charge is 0.352 e. The average Bonchev–Trinajstić information content (AvgIpc) is 3.67. The van der Waals surface area contributed by atoms with Crippen LogP contribution in [0, 0.1) is 0 Å². The van der Waals surface area contributed by atoms with Gasteiger partial charge in [0.2, 0.25) is 0 Å². The Morgan fingerprint density at radius 3 is 1.79 bits per heavy atom. The van der Waals surface area contributed by atoms with Crippen molar-refractivity contribution in [1.82, 2.24) is 4.57 Å². The highest BCUT2D eigenvalue weighted by atomic mass is 15.1. The zero-order chi connectivity index (χ0) is 27.9. The minimum atomic E-state index is -0.387. The molecule has 0 bridgehead atoms. The molecular weight excluding hydrogens is 520 g/mol. The third kappa shape index (κ3) is 2.42. The van der Waals surface area contributed by atoms with Gasteiger partial charge in [-0.3, -0.25) is 0 Å². The predicted molar refractivity (Wildman–Crippen MR) is 178 cm³/mol. The van der Waals surface area contributed by atoms with Gasteiger partial charge in [-0.05, 0) is 79.5 Å². The van der Waals surface area contributed by atoms with E-state index in [9.17, 15) is 0 Å². The number of benzene rings is 7. The van der Waals surface area contributed by atoms with Crippen molar-refractivity contribution in [2.45, 2.75) is 5.41 Å². The molecule has 0 unspecified atom stereocenters. The lowest BCUT2D eigenvalue weighted by Crippen LogP contribution is -2.26. The maximum Gasteiger partial charge on any atom is 0.0777 e. The molecule has 0 amide bonds. The molecule has 0 radical (unpaired) electrons. The highest BCUT2D eigenvalue weighted by Gasteiger charge is 2.52. The molecule has 1 spiro atoms. The first kappa shape index (κ1) is 22.1. The summed E-state index contributed by atoms with van der Waals surface area (Å²) < 4.78 is 2.52. The highest BCUT2D eigenvalue weighted by Crippen LogP contribution is 2.65. The van der Waals surface area contributed by atoms with E-state index in [4.69, 9.17) is 0 Å². The molecule has 43 heavy (non-hydrogen) atoms. The van der Waals surface area contributed by atoms with Gasteiger partial charge in [0.15, 0.2) is 0 Å². The summed E-state index contributed by atoms with van der Waals surface area (Å²) >= 11 is 0. The van der Waals surface area contributed by atoms with Crippen molar-refractivity contribution in [1.29, 1.82) is 0 Å². The van der Waals surface area contributed by atoms with Gasteiger partial charge in [-0.25, -0.2) is 0 Å². The van der Waals surface area contributed by atoms with Gasteiger partial charge in [-0.15, -0.1) is 0 Å². The molecule has 2 nitrogen and oxygen atoms in total. The minimum Gasteiger partial charge on any atom is -0.352 e. The van der Waals surface area contributed by atoms with Gasteiger partial charge in [-0.1, -0.05) is 115 Å². The quantitative estimate of drug-likeness (QED) is 0.201. The summed E-state index contributed by atoms with van der Waals surface area (Å²) in [6.45, 7) is 0. The van der Waals surface area contributed by atoms with Crippen LogP contribution >= 0.6 is 0 Å². The van der Waals surface area contributed by atoms with Gasteiger partial charge in [0, 0.05) is 10.8 Å². The molecule has 2 heteroatoms. The van der Waals surface area contributed by atoms with Crippen LogP contribution in [-0.4, -0.2) is 4.57 Å². The maximum atomic E-state index is 3.81. The number of nitrogens with one attached hydrogen (secondary N) is 1. The second-order valence-electron chi connectivity index (χ2n) is 12.1. The van der Waals surface area contributed by atoms with E-state index in [1.54, 1.807) is 0 Å². The summed E-state index contributed by atoms with van der Waals surface area (Å²) in [7, 11) is 0. The van der Waals surface area contributed by atoms with Crippen LogP contribution in [0.4, 0.5) is 11.4 Å². The molecule has 2 heterocycles. The van der Waals surface area contributed by atoms with Crippen molar-refractivity contribution in [3.05, 3.63) is 162 Å². The number of hydrogen-bond donors (Lipinski definition) is 1. The Balaban J connectivity index is 1.37. The van der Waals surface area contributed by atoms with Crippen LogP contribution < -0.4 is 5.32 Å². The Kier molecular flexibility index (Phi) is 3.81. The van der Waals surface area contributed by atoms with Crippen LogP contribution in [0.5, 0.6) is 0 Å². The third-order valence-corrected chi connectivity index (χ3v) is 10.3. The zero-order valence-corrected chi connectivity index (χ0v) is 23.2. The standard InChI is InChI=1S/C41H24N2/c1-2-11-25-23-37-35(22-24(25)10-1)42-34-19-9-15-30-38-36(43(37)40(30)34)21-20-29-28-14-5-8-18-33(28)41(39(29)38)31-16-6-3-12-26(31)27-13-4-7-17-32(27)41/h1-23,42H. The van der Waals surface area contributed by atoms with Gasteiger partial charge in [0.1, 0.15) is 0 Å². The molecule has 0 atom stereocenters. The van der Waals surface area contributed by atoms with Crippen LogP contribution in [0.3, 0.4) is 0 Å². The van der Waals surface area contributed by atoms with Crippen LogP contribution in [0.25, 0.3) is 60.5 Å². The van der Waals surface area contributed by atoms with Crippen LogP contribution in [-0.2, 0) is 5.41 Å². The summed E-state index contributed by atoms with van der Waals surface area (Å²) in [6.07, 6.45) is 0. The molecule has 198 valence electrons. The second-order valence-corrected chi connectivity index (χ2v) is 12.1. The van der Waals surface area contributed by atoms with Gasteiger partial charge in [0.05, 0.1) is 33.5 Å². The van der Waals surface area contributed by atoms with E-state index in [1.165, 1.54) is 82.8 Å². The van der Waals surface area contributed by atoms with Crippen molar-refractivity contribution in [2.75, 3.05) is 5.32 Å². The van der Waals surface area contributed by atoms with Crippen molar-refractivity contribution >= 4 is 44.0 Å². The summed E-state index contributed by atoms with van der Waals surface area (Å²) in [5.74, 6) is 0. The Hall–Kier alpha value is -5.60. The first-order valence-corrected chi connectivity index (χ1v) is 15.0. The number of para-hydroxylation sites is 1. The van der Waals surface area contributed by atoms with E-state index in [1.807, 2.05) is 0 Å². The van der Waals surface area contributed by atoms with Crippen LogP contribution in [0.1, 0.15) is 22.3 Å². The van der Waals surface area contributed by atoms with E-state index in [0.29, 0.717) is 0 Å². The van der Waals surface area contributed by atoms with E-state index in [0.717, 1.165) is 11.4 Å². The summed E-state index contributed by atoms with van der Waals surface area (Å²) in [4.78, 5) is 0. The molecule has 11 rings (SSSR count). The molecule has 7 aromatic carbocycles. The van der Waals surface area contributed by atoms with Gasteiger partial charge < -0.3 is 9.88 Å². The number of aromatic nitrogens is 1. The smallest absolute Gasteiger partial charge is 0.0777 e. The SMILES string of the molecule is c1ccc2c(c1)-c1ccccc1C21c2ccccc2-c2ccc3c(c21)c1cccc2c1n3-c1cc3ccccc3cc1N2. The zero-order valence-electron chi connectivity index (χ0n) is 23.2. The fourth-order valence-electron chi connectivity index (χ4n) is 8.76. The fraction of sp³-hybridized carbons (Fsp3) is 0.0244. The number of rotatable bonds is 0. The number of anilines is 2. The molecule has 2 aliphatic carbocycles. The lowest BCUT2D eigenvalue weighted by molar-refractivity contribution is 0.802. The first-order valence-electron chi connectivity index (χ1n) is 15.0. The summed E-state index contributed by atoms with van der Waals surface area (Å²) in [5.41, 5.74) is 16.5. The van der Waals surface area contributed by atoms with Crippen LogP contribution in [0.15, 0.2) is 140 Å². The number of nitrogens with zero attached hydrogens (tertiary/aromatic N) is 1. The molecule has 0 fully saturated rings. The van der Waals surface area contributed by atoms with Crippen molar-refractivity contribution in [3.63, 3.8) is 0 Å². The average molecular weight is 545 g/mol. The lowest BCUT2D eigenvalue weighted by Gasteiger charge is -2.31. The molecular formula is C41H24N2. The summed E-state index contributed by atoms with van der Waals surface area (Å²) in [6, 6.07) is 52.1. The van der Waals surface area contributed by atoms with E-state index < -0.39 is 0 Å². The molecule has 0 saturated carbocycles. The van der Waals surface area contributed by atoms with Gasteiger partial charge in [0.25, 0.3) is 0 Å². The van der Waals surface area contributed by atoms with Gasteiger partial charge in [-0.2, -0.15) is 0 Å². The minimum absolute atomic E-state index is 0.387. The molecule has 8 aromatic rings. The van der Waals surface area contributed by atoms with Crippen LogP contribution in [0.2, 0.25) is 0 Å². The third-order valence-electron chi connectivity index (χ3n) is 10.3. The van der Waals surface area contributed by atoms with E-state index >= 15 is 0 Å². The topological polar surface area (TPSA) is 17.0 Å². The van der Waals surface area contributed by atoms with Gasteiger partial charge >= 0.3 is 0 Å². The fourth-order valence-corrected chi connectivity index (χ4v) is 8.76. The Bertz CT molecular complexity index is 2480. The molecule has 1 aliphatic heterocycles. The van der Waals surface area contributed by atoms with Crippen molar-refractivity contribution < 1.29 is 0 Å². The van der Waals surface area contributed by atoms with Crippen molar-refractivity contribution in [3.8, 4) is 27.9 Å². The first-order chi connectivity index (χ1) is 21.3.